The molecule has 0 fully saturated rings. The van der Waals surface area contributed by atoms with Gasteiger partial charge in [-0.3, -0.25) is 0 Å². The van der Waals surface area contributed by atoms with Gasteiger partial charge in [-0.1, -0.05) is 25.1 Å². The lowest BCUT2D eigenvalue weighted by Crippen LogP contribution is -2.10. The van der Waals surface area contributed by atoms with Crippen molar-refractivity contribution in [3.8, 4) is 11.3 Å². The third-order valence-electron chi connectivity index (χ3n) is 3.07. The average Bonchev–Trinajstić information content (AvgIpc) is 2.37. The zero-order valence-corrected chi connectivity index (χ0v) is 11.1. The minimum atomic E-state index is -4.44. The Morgan fingerprint density at radius 3 is 2.40 bits per heavy atom. The minimum absolute atomic E-state index is 0.0216. The molecule has 20 heavy (non-hydrogen) atoms. The highest BCUT2D eigenvalue weighted by Gasteiger charge is 2.34. The van der Waals surface area contributed by atoms with Crippen LogP contribution in [0.1, 0.15) is 23.7 Å². The number of hydrogen-bond acceptors (Lipinski definition) is 3. The van der Waals surface area contributed by atoms with Gasteiger partial charge in [0.15, 0.2) is 0 Å². The monoisotopic (exact) mass is 281 g/mol. The quantitative estimate of drug-likeness (QED) is 0.914. The van der Waals surface area contributed by atoms with Crippen molar-refractivity contribution in [1.82, 2.24) is 9.97 Å². The molecule has 0 spiro atoms. The van der Waals surface area contributed by atoms with Crippen molar-refractivity contribution in [3.05, 3.63) is 41.1 Å². The summed E-state index contributed by atoms with van der Waals surface area (Å²) in [5.41, 5.74) is 6.43. The molecular weight excluding hydrogens is 267 g/mol. The molecule has 0 atom stereocenters. The maximum Gasteiger partial charge on any atom is 0.417 e. The molecule has 0 radical (unpaired) electrons. The second kappa shape index (κ2) is 5.11. The van der Waals surface area contributed by atoms with Gasteiger partial charge in [0, 0.05) is 11.3 Å². The summed E-state index contributed by atoms with van der Waals surface area (Å²) in [5.74, 6) is -0.0216. The van der Waals surface area contributed by atoms with Crippen LogP contribution in [-0.4, -0.2) is 9.97 Å². The summed E-state index contributed by atoms with van der Waals surface area (Å²) in [5, 5.41) is 0. The van der Waals surface area contributed by atoms with E-state index in [2.05, 4.69) is 9.97 Å². The maximum absolute atomic E-state index is 13.1. The number of anilines is 1. The van der Waals surface area contributed by atoms with Crippen LogP contribution >= 0.6 is 0 Å². The Bertz CT molecular complexity index is 636. The zero-order valence-electron chi connectivity index (χ0n) is 11.1. The molecule has 0 aliphatic heterocycles. The summed E-state index contributed by atoms with van der Waals surface area (Å²) < 4.78 is 39.3. The van der Waals surface area contributed by atoms with E-state index in [-0.39, 0.29) is 17.2 Å². The van der Waals surface area contributed by atoms with Crippen molar-refractivity contribution in [1.29, 1.82) is 0 Å². The lowest BCUT2D eigenvalue weighted by Gasteiger charge is -2.15. The van der Waals surface area contributed by atoms with Crippen LogP contribution in [0.4, 0.5) is 19.1 Å². The number of aryl methyl sites for hydroxylation is 1. The van der Waals surface area contributed by atoms with Gasteiger partial charge in [-0.2, -0.15) is 13.2 Å². The molecule has 0 saturated carbocycles. The average molecular weight is 281 g/mol. The van der Waals surface area contributed by atoms with E-state index in [0.29, 0.717) is 17.7 Å². The molecular formula is C14H14F3N3. The molecule has 3 nitrogen and oxygen atoms in total. The minimum Gasteiger partial charge on any atom is -0.368 e. The first-order valence-electron chi connectivity index (χ1n) is 6.14. The maximum atomic E-state index is 13.1. The van der Waals surface area contributed by atoms with Crippen molar-refractivity contribution in [3.63, 3.8) is 0 Å². The van der Waals surface area contributed by atoms with Gasteiger partial charge in [-0.05, 0) is 25.0 Å². The summed E-state index contributed by atoms with van der Waals surface area (Å²) in [6, 6.07) is 5.36. The Balaban J connectivity index is 2.75. The second-order valence-corrected chi connectivity index (χ2v) is 4.39. The molecule has 0 bridgehead atoms. The number of nitrogen functional groups attached to an aromatic ring is 1. The van der Waals surface area contributed by atoms with Gasteiger partial charge in [0.2, 0.25) is 5.95 Å². The molecule has 0 unspecified atom stereocenters. The second-order valence-electron chi connectivity index (χ2n) is 4.39. The first kappa shape index (κ1) is 14.3. The first-order chi connectivity index (χ1) is 9.34. The largest absolute Gasteiger partial charge is 0.417 e. The summed E-state index contributed by atoms with van der Waals surface area (Å²) in [6.45, 7) is 3.57. The van der Waals surface area contributed by atoms with Crippen LogP contribution in [0.2, 0.25) is 0 Å². The number of aromatic nitrogens is 2. The van der Waals surface area contributed by atoms with E-state index < -0.39 is 11.7 Å². The summed E-state index contributed by atoms with van der Waals surface area (Å²) in [4.78, 5) is 8.02. The molecule has 0 saturated heterocycles. The van der Waals surface area contributed by atoms with E-state index in [1.807, 2.05) is 6.92 Å². The lowest BCUT2D eigenvalue weighted by atomic mass is 9.98. The molecule has 0 aliphatic carbocycles. The van der Waals surface area contributed by atoms with Crippen molar-refractivity contribution in [2.75, 3.05) is 5.73 Å². The summed E-state index contributed by atoms with van der Waals surface area (Å²) in [6.07, 6.45) is -3.90. The van der Waals surface area contributed by atoms with E-state index in [0.717, 1.165) is 6.07 Å². The van der Waals surface area contributed by atoms with Crippen LogP contribution in [0, 0.1) is 6.92 Å². The van der Waals surface area contributed by atoms with Gasteiger partial charge in [-0.15, -0.1) is 0 Å². The highest BCUT2D eigenvalue weighted by atomic mass is 19.4. The van der Waals surface area contributed by atoms with Crippen LogP contribution in [0.25, 0.3) is 11.3 Å². The van der Waals surface area contributed by atoms with Crippen LogP contribution in [0.5, 0.6) is 0 Å². The molecule has 6 heteroatoms. The predicted molar refractivity (Wildman–Crippen MR) is 71.0 cm³/mol. The van der Waals surface area contributed by atoms with E-state index in [1.165, 1.54) is 12.1 Å². The summed E-state index contributed by atoms with van der Waals surface area (Å²) >= 11 is 0. The Labute approximate surface area is 114 Å². The SMILES string of the molecule is CCc1c(C)nc(N)nc1-c1ccccc1C(F)(F)F. The fourth-order valence-corrected chi connectivity index (χ4v) is 2.20. The number of hydrogen-bond donors (Lipinski definition) is 1. The summed E-state index contributed by atoms with van der Waals surface area (Å²) in [7, 11) is 0. The zero-order chi connectivity index (χ0) is 14.9. The van der Waals surface area contributed by atoms with Crippen LogP contribution < -0.4 is 5.73 Å². The van der Waals surface area contributed by atoms with Crippen LogP contribution in [0.3, 0.4) is 0 Å². The standard InChI is InChI=1S/C14H14F3N3/c1-3-9-8(2)19-13(18)20-12(9)10-6-4-5-7-11(10)14(15,16)17/h4-7H,3H2,1-2H3,(H2,18,19,20). The molecule has 2 rings (SSSR count). The first-order valence-corrected chi connectivity index (χ1v) is 6.14. The van der Waals surface area contributed by atoms with Gasteiger partial charge in [0.25, 0.3) is 0 Å². The van der Waals surface area contributed by atoms with E-state index in [1.54, 1.807) is 13.0 Å². The van der Waals surface area contributed by atoms with Crippen molar-refractivity contribution in [2.45, 2.75) is 26.4 Å². The van der Waals surface area contributed by atoms with Crippen molar-refractivity contribution >= 4 is 5.95 Å². The van der Waals surface area contributed by atoms with Crippen molar-refractivity contribution in [2.24, 2.45) is 0 Å². The fourth-order valence-electron chi connectivity index (χ4n) is 2.20. The highest BCUT2D eigenvalue weighted by molar-refractivity contribution is 5.69. The molecule has 0 aliphatic rings. The van der Waals surface area contributed by atoms with E-state index in [4.69, 9.17) is 5.73 Å². The van der Waals surface area contributed by atoms with Gasteiger partial charge in [-0.25, -0.2) is 9.97 Å². The number of nitrogens with two attached hydrogens (primary N) is 1. The Morgan fingerprint density at radius 2 is 1.80 bits per heavy atom. The van der Waals surface area contributed by atoms with Gasteiger partial charge >= 0.3 is 6.18 Å². The smallest absolute Gasteiger partial charge is 0.368 e. The molecule has 2 N–H and O–H groups in total. The fraction of sp³-hybridized carbons (Fsp3) is 0.286. The van der Waals surface area contributed by atoms with Gasteiger partial charge in [0.1, 0.15) is 0 Å². The van der Waals surface area contributed by atoms with E-state index in [9.17, 15) is 13.2 Å². The van der Waals surface area contributed by atoms with Gasteiger partial charge in [0.05, 0.1) is 11.3 Å². The number of alkyl halides is 3. The van der Waals surface area contributed by atoms with Gasteiger partial charge < -0.3 is 5.73 Å². The Morgan fingerprint density at radius 1 is 1.15 bits per heavy atom. The van der Waals surface area contributed by atoms with Crippen LogP contribution in [0.15, 0.2) is 24.3 Å². The van der Waals surface area contributed by atoms with Crippen molar-refractivity contribution < 1.29 is 13.2 Å². The Hall–Kier alpha value is -2.11. The molecule has 2 aromatic rings. The molecule has 1 aromatic carbocycles. The normalized spacial score (nSPS) is 11.7. The number of halogens is 3. The van der Waals surface area contributed by atoms with E-state index >= 15 is 0 Å². The lowest BCUT2D eigenvalue weighted by molar-refractivity contribution is -0.137. The number of benzene rings is 1. The highest BCUT2D eigenvalue weighted by Crippen LogP contribution is 2.37. The van der Waals surface area contributed by atoms with Crippen LogP contribution in [-0.2, 0) is 12.6 Å². The molecule has 0 amide bonds. The predicted octanol–water partition coefficient (Wildman–Crippen LogP) is 3.62. The third-order valence-corrected chi connectivity index (χ3v) is 3.07. The topological polar surface area (TPSA) is 51.8 Å². The number of nitrogens with zero attached hydrogens (tertiary/aromatic N) is 2. The third kappa shape index (κ3) is 2.59. The Kier molecular flexibility index (Phi) is 3.65. The number of rotatable bonds is 2. The molecule has 1 heterocycles. The molecule has 1 aromatic heterocycles. The molecule has 106 valence electrons.